The van der Waals surface area contributed by atoms with E-state index in [1.54, 1.807) is 31.2 Å². The highest BCUT2D eigenvalue weighted by atomic mass is 35.5. The SMILES string of the molecule is C/C(=N/NC(=O)Cn1ccccc1=O)c1ccc(Cl)c(Cl)c1Cl. The minimum atomic E-state index is -0.436. The number of nitrogens with zero attached hydrogens (tertiary/aromatic N) is 2. The van der Waals surface area contributed by atoms with Crippen molar-refractivity contribution in [1.82, 2.24) is 9.99 Å². The first kappa shape index (κ1) is 17.5. The highest BCUT2D eigenvalue weighted by Gasteiger charge is 2.11. The van der Waals surface area contributed by atoms with Gasteiger partial charge in [0.2, 0.25) is 0 Å². The van der Waals surface area contributed by atoms with Crippen LogP contribution in [0.2, 0.25) is 15.1 Å². The number of hydrogen-bond acceptors (Lipinski definition) is 3. The van der Waals surface area contributed by atoms with E-state index in [-0.39, 0.29) is 22.1 Å². The van der Waals surface area contributed by atoms with Crippen molar-refractivity contribution < 1.29 is 4.79 Å². The van der Waals surface area contributed by atoms with Crippen molar-refractivity contribution in [3.8, 4) is 0 Å². The maximum absolute atomic E-state index is 11.8. The highest BCUT2D eigenvalue weighted by molar-refractivity contribution is 6.49. The Hall–Kier alpha value is -1.82. The molecule has 2 rings (SSSR count). The molecule has 1 heterocycles. The highest BCUT2D eigenvalue weighted by Crippen LogP contribution is 2.32. The van der Waals surface area contributed by atoms with Gasteiger partial charge in [0.15, 0.2) is 0 Å². The molecule has 120 valence electrons. The summed E-state index contributed by atoms with van der Waals surface area (Å²) in [6, 6.07) is 7.89. The molecule has 1 amide bonds. The quantitative estimate of drug-likeness (QED) is 0.508. The molecule has 0 saturated heterocycles. The standard InChI is InChI=1S/C15H12Cl3N3O2/c1-9(10-5-6-11(16)15(18)14(10)17)19-20-12(22)8-21-7-3-2-4-13(21)23/h2-7H,8H2,1H3,(H,20,22)/b19-9-. The summed E-state index contributed by atoms with van der Waals surface area (Å²) in [5.41, 5.74) is 3.12. The Bertz CT molecular complexity index is 831. The van der Waals surface area contributed by atoms with Crippen molar-refractivity contribution in [3.63, 3.8) is 0 Å². The maximum Gasteiger partial charge on any atom is 0.260 e. The Morgan fingerprint density at radius 3 is 2.61 bits per heavy atom. The lowest BCUT2D eigenvalue weighted by Gasteiger charge is -2.08. The second-order valence-corrected chi connectivity index (χ2v) is 5.79. The smallest absolute Gasteiger partial charge is 0.260 e. The van der Waals surface area contributed by atoms with E-state index in [2.05, 4.69) is 10.5 Å². The van der Waals surface area contributed by atoms with Gasteiger partial charge in [-0.2, -0.15) is 5.10 Å². The van der Waals surface area contributed by atoms with Crippen LogP contribution in [0.3, 0.4) is 0 Å². The Labute approximate surface area is 147 Å². The summed E-state index contributed by atoms with van der Waals surface area (Å²) in [6.07, 6.45) is 1.52. The van der Waals surface area contributed by atoms with Gasteiger partial charge in [-0.25, -0.2) is 5.43 Å². The number of benzene rings is 1. The topological polar surface area (TPSA) is 63.5 Å². The number of amides is 1. The lowest BCUT2D eigenvalue weighted by molar-refractivity contribution is -0.121. The van der Waals surface area contributed by atoms with E-state index in [9.17, 15) is 9.59 Å². The molecule has 2 aromatic rings. The van der Waals surface area contributed by atoms with Gasteiger partial charge in [-0.1, -0.05) is 46.9 Å². The second kappa shape index (κ2) is 7.64. The van der Waals surface area contributed by atoms with E-state index in [1.165, 1.54) is 16.8 Å². The molecule has 0 aliphatic carbocycles. The third-order valence-corrected chi connectivity index (χ3v) is 4.28. The number of nitrogens with one attached hydrogen (secondary N) is 1. The third-order valence-electron chi connectivity index (χ3n) is 2.99. The number of carbonyl (C=O) groups excluding carboxylic acids is 1. The molecule has 0 radical (unpaired) electrons. The molecule has 0 saturated carbocycles. The number of pyridine rings is 1. The minimum absolute atomic E-state index is 0.133. The van der Waals surface area contributed by atoms with Crippen LogP contribution in [0.1, 0.15) is 12.5 Å². The van der Waals surface area contributed by atoms with E-state index in [4.69, 9.17) is 34.8 Å². The van der Waals surface area contributed by atoms with Crippen LogP contribution in [-0.2, 0) is 11.3 Å². The molecule has 1 aromatic heterocycles. The van der Waals surface area contributed by atoms with Crippen molar-refractivity contribution in [2.24, 2.45) is 5.10 Å². The molecule has 0 bridgehead atoms. The number of rotatable bonds is 4. The van der Waals surface area contributed by atoms with Crippen LogP contribution in [0.15, 0.2) is 46.4 Å². The van der Waals surface area contributed by atoms with Crippen molar-refractivity contribution in [3.05, 3.63) is 67.5 Å². The molecule has 8 heteroatoms. The van der Waals surface area contributed by atoms with Crippen LogP contribution in [-0.4, -0.2) is 16.2 Å². The summed E-state index contributed by atoms with van der Waals surface area (Å²) in [5.74, 6) is -0.436. The van der Waals surface area contributed by atoms with Crippen LogP contribution >= 0.6 is 34.8 Å². The largest absolute Gasteiger partial charge is 0.306 e. The Morgan fingerprint density at radius 2 is 1.91 bits per heavy atom. The zero-order valence-corrected chi connectivity index (χ0v) is 14.3. The molecule has 5 nitrogen and oxygen atoms in total. The fourth-order valence-corrected chi connectivity index (χ4v) is 2.47. The number of hydrazone groups is 1. The molecule has 0 spiro atoms. The van der Waals surface area contributed by atoms with Crippen molar-refractivity contribution >= 4 is 46.4 Å². The number of hydrogen-bond donors (Lipinski definition) is 1. The molecule has 0 fully saturated rings. The maximum atomic E-state index is 11.8. The Morgan fingerprint density at radius 1 is 1.17 bits per heavy atom. The first-order valence-corrected chi connectivity index (χ1v) is 7.66. The van der Waals surface area contributed by atoms with Gasteiger partial charge >= 0.3 is 0 Å². The zero-order valence-electron chi connectivity index (χ0n) is 12.0. The molecule has 0 aliphatic heterocycles. The normalized spacial score (nSPS) is 11.4. The fraction of sp³-hybridized carbons (Fsp3) is 0.133. The second-order valence-electron chi connectivity index (χ2n) is 4.62. The number of aromatic nitrogens is 1. The number of halogens is 3. The van der Waals surface area contributed by atoms with Gasteiger partial charge in [0.05, 0.1) is 20.8 Å². The van der Waals surface area contributed by atoms with Gasteiger partial charge in [0.25, 0.3) is 11.5 Å². The average molecular weight is 373 g/mol. The molecule has 0 atom stereocenters. The zero-order chi connectivity index (χ0) is 17.0. The van der Waals surface area contributed by atoms with Gasteiger partial charge in [0.1, 0.15) is 6.54 Å². The van der Waals surface area contributed by atoms with Gasteiger partial charge in [0, 0.05) is 17.8 Å². The lowest BCUT2D eigenvalue weighted by Crippen LogP contribution is -2.29. The molecule has 0 aliphatic rings. The molecular formula is C15H12Cl3N3O2. The van der Waals surface area contributed by atoms with Gasteiger partial charge < -0.3 is 4.57 Å². The van der Waals surface area contributed by atoms with Gasteiger partial charge in [-0.3, -0.25) is 9.59 Å². The Kier molecular flexibility index (Phi) is 5.82. The third kappa shape index (κ3) is 4.34. The summed E-state index contributed by atoms with van der Waals surface area (Å²) in [5, 5.41) is 4.78. The molecule has 0 unspecified atom stereocenters. The first-order chi connectivity index (χ1) is 10.9. The summed E-state index contributed by atoms with van der Waals surface area (Å²) >= 11 is 17.9. The van der Waals surface area contributed by atoms with Crippen LogP contribution in [0.25, 0.3) is 0 Å². The Balaban J connectivity index is 2.11. The number of carbonyl (C=O) groups is 1. The van der Waals surface area contributed by atoms with Crippen molar-refractivity contribution in [2.75, 3.05) is 0 Å². The van der Waals surface area contributed by atoms with Crippen LogP contribution in [0.5, 0.6) is 0 Å². The lowest BCUT2D eigenvalue weighted by atomic mass is 10.1. The fourth-order valence-electron chi connectivity index (χ4n) is 1.79. The van der Waals surface area contributed by atoms with E-state index >= 15 is 0 Å². The van der Waals surface area contributed by atoms with Crippen molar-refractivity contribution in [1.29, 1.82) is 0 Å². The molecular weight excluding hydrogens is 361 g/mol. The average Bonchev–Trinajstić information content (AvgIpc) is 2.53. The predicted octanol–water partition coefficient (Wildman–Crippen LogP) is 3.35. The summed E-state index contributed by atoms with van der Waals surface area (Å²) in [7, 11) is 0. The minimum Gasteiger partial charge on any atom is -0.306 e. The monoisotopic (exact) mass is 371 g/mol. The molecule has 23 heavy (non-hydrogen) atoms. The van der Waals surface area contributed by atoms with E-state index in [1.807, 2.05) is 0 Å². The van der Waals surface area contributed by atoms with Crippen LogP contribution in [0, 0.1) is 0 Å². The van der Waals surface area contributed by atoms with Crippen molar-refractivity contribution in [2.45, 2.75) is 13.5 Å². The molecule has 1 aromatic carbocycles. The van der Waals surface area contributed by atoms with Crippen LogP contribution in [0.4, 0.5) is 0 Å². The molecule has 1 N–H and O–H groups in total. The van der Waals surface area contributed by atoms with Crippen LogP contribution < -0.4 is 11.0 Å². The van der Waals surface area contributed by atoms with Gasteiger partial charge in [-0.05, 0) is 19.1 Å². The van der Waals surface area contributed by atoms with E-state index in [0.717, 1.165) is 0 Å². The summed E-state index contributed by atoms with van der Waals surface area (Å²) < 4.78 is 1.27. The predicted molar refractivity (Wildman–Crippen MR) is 92.5 cm³/mol. The van der Waals surface area contributed by atoms with E-state index < -0.39 is 5.91 Å². The van der Waals surface area contributed by atoms with Gasteiger partial charge in [-0.15, -0.1) is 0 Å². The summed E-state index contributed by atoms with van der Waals surface area (Å²) in [4.78, 5) is 23.4. The summed E-state index contributed by atoms with van der Waals surface area (Å²) in [6.45, 7) is 1.53. The first-order valence-electron chi connectivity index (χ1n) is 6.52. The van der Waals surface area contributed by atoms with E-state index in [0.29, 0.717) is 16.3 Å².